The molecule has 2 N–H and O–H groups in total. The molecular formula is C24H21F3N2O3S2. The van der Waals surface area contributed by atoms with Crippen LogP contribution in [0.15, 0.2) is 78.9 Å². The fourth-order valence-electron chi connectivity index (χ4n) is 2.67. The van der Waals surface area contributed by atoms with Crippen LogP contribution in [0.4, 0.5) is 13.2 Å². The summed E-state index contributed by atoms with van der Waals surface area (Å²) < 4.78 is 49.5. The minimum absolute atomic E-state index is 0.265. The highest BCUT2D eigenvalue weighted by molar-refractivity contribution is 8.22. The highest BCUT2D eigenvalue weighted by Crippen LogP contribution is 2.31. The van der Waals surface area contributed by atoms with E-state index in [1.54, 1.807) is 31.2 Å². The summed E-state index contributed by atoms with van der Waals surface area (Å²) in [4.78, 5) is 12.3. The minimum Gasteiger partial charge on any atom is -0.481 e. The molecule has 1 atom stereocenters. The molecule has 0 saturated heterocycles. The van der Waals surface area contributed by atoms with Gasteiger partial charge in [-0.3, -0.25) is 15.6 Å². The Labute approximate surface area is 204 Å². The van der Waals surface area contributed by atoms with Gasteiger partial charge in [0.25, 0.3) is 5.91 Å². The van der Waals surface area contributed by atoms with Crippen molar-refractivity contribution in [3.05, 3.63) is 90.0 Å². The molecule has 0 fully saturated rings. The minimum atomic E-state index is -4.40. The first-order valence-corrected chi connectivity index (χ1v) is 11.5. The molecule has 0 saturated carbocycles. The van der Waals surface area contributed by atoms with Crippen LogP contribution in [0.1, 0.15) is 18.1 Å². The lowest BCUT2D eigenvalue weighted by Crippen LogP contribution is -2.45. The third kappa shape index (κ3) is 7.96. The van der Waals surface area contributed by atoms with Crippen LogP contribution in [0, 0.1) is 0 Å². The Morgan fingerprint density at radius 2 is 1.47 bits per heavy atom. The van der Waals surface area contributed by atoms with Crippen molar-refractivity contribution in [1.29, 1.82) is 0 Å². The van der Waals surface area contributed by atoms with Crippen molar-refractivity contribution in [2.75, 3.05) is 0 Å². The fraction of sp³-hybridized carbons (Fsp3) is 0.167. The van der Waals surface area contributed by atoms with Gasteiger partial charge in [-0.25, -0.2) is 0 Å². The molecule has 1 amide bonds. The number of alkyl halides is 3. The quantitative estimate of drug-likeness (QED) is 0.298. The number of hydrazine groups is 1. The second-order valence-electron chi connectivity index (χ2n) is 7.03. The number of thiocarbonyl (C=S) groups is 1. The lowest BCUT2D eigenvalue weighted by atomic mass is 10.2. The monoisotopic (exact) mass is 506 g/mol. The Balaban J connectivity index is 1.43. The Morgan fingerprint density at radius 1 is 0.912 bits per heavy atom. The Morgan fingerprint density at radius 3 is 2.06 bits per heavy atom. The molecule has 0 heterocycles. The molecule has 0 aliphatic rings. The third-order valence-corrected chi connectivity index (χ3v) is 5.72. The van der Waals surface area contributed by atoms with Gasteiger partial charge in [0.1, 0.15) is 17.2 Å². The molecule has 0 spiro atoms. The zero-order valence-corrected chi connectivity index (χ0v) is 19.6. The fourth-order valence-corrected chi connectivity index (χ4v) is 3.51. The van der Waals surface area contributed by atoms with E-state index >= 15 is 0 Å². The van der Waals surface area contributed by atoms with Crippen LogP contribution in [0.3, 0.4) is 0 Å². The number of hydrogen-bond acceptors (Lipinski definition) is 5. The van der Waals surface area contributed by atoms with Crippen LogP contribution in [0.25, 0.3) is 0 Å². The molecule has 0 bridgehead atoms. The van der Waals surface area contributed by atoms with Crippen LogP contribution in [-0.4, -0.2) is 16.3 Å². The highest BCUT2D eigenvalue weighted by atomic mass is 32.2. The summed E-state index contributed by atoms with van der Waals surface area (Å²) in [7, 11) is 0. The number of hydrogen-bond donors (Lipinski definition) is 2. The summed E-state index contributed by atoms with van der Waals surface area (Å²) in [5.74, 6) is 1.36. The first-order chi connectivity index (χ1) is 16.2. The van der Waals surface area contributed by atoms with Crippen molar-refractivity contribution in [2.24, 2.45) is 0 Å². The second kappa shape index (κ2) is 11.8. The molecule has 0 aliphatic heterocycles. The normalized spacial score (nSPS) is 11.9. The lowest BCUT2D eigenvalue weighted by Gasteiger charge is -2.16. The van der Waals surface area contributed by atoms with Gasteiger partial charge < -0.3 is 9.47 Å². The predicted molar refractivity (Wildman–Crippen MR) is 130 cm³/mol. The van der Waals surface area contributed by atoms with Gasteiger partial charge in [-0.1, -0.05) is 54.3 Å². The number of nitrogens with one attached hydrogen (secondary N) is 2. The molecule has 178 valence electrons. The molecule has 3 rings (SSSR count). The van der Waals surface area contributed by atoms with E-state index in [1.807, 2.05) is 30.3 Å². The smallest absolute Gasteiger partial charge is 0.416 e. The molecule has 0 aliphatic carbocycles. The van der Waals surface area contributed by atoms with Crippen molar-refractivity contribution in [3.63, 3.8) is 0 Å². The molecule has 0 radical (unpaired) electrons. The first kappa shape index (κ1) is 25.4. The average molecular weight is 507 g/mol. The molecule has 3 aromatic carbocycles. The largest absolute Gasteiger partial charge is 0.481 e. The number of amides is 1. The van der Waals surface area contributed by atoms with E-state index < -0.39 is 23.8 Å². The summed E-state index contributed by atoms with van der Waals surface area (Å²) in [5.41, 5.74) is 5.58. The van der Waals surface area contributed by atoms with Crippen molar-refractivity contribution in [2.45, 2.75) is 25.0 Å². The van der Waals surface area contributed by atoms with Gasteiger partial charge in [0.15, 0.2) is 10.4 Å². The Hall–Kier alpha value is -3.24. The molecule has 1 unspecified atom stereocenters. The van der Waals surface area contributed by atoms with Crippen LogP contribution in [0.2, 0.25) is 0 Å². The topological polar surface area (TPSA) is 59.6 Å². The number of thioether (sulfide) groups is 1. The summed E-state index contributed by atoms with van der Waals surface area (Å²) in [5, 5.41) is 0. The van der Waals surface area contributed by atoms with Crippen LogP contribution >= 0.6 is 24.0 Å². The zero-order chi connectivity index (χ0) is 24.6. The van der Waals surface area contributed by atoms with Gasteiger partial charge in [-0.05, 0) is 61.0 Å². The molecule has 0 aromatic heterocycles. The first-order valence-electron chi connectivity index (χ1n) is 10.1. The standard InChI is InChI=1S/C24H21F3N2O3S2/c1-16(22(30)28-29-23(33)34-15-17-5-3-2-4-6-17)31-19-11-13-21(14-12-19)32-20-9-7-18(8-10-20)24(25,26)27/h2-14,16H,15H2,1H3,(H,28,30)(H,29,33). The van der Waals surface area contributed by atoms with Gasteiger partial charge in [0.2, 0.25) is 0 Å². The third-order valence-electron chi connectivity index (χ3n) is 4.42. The Bertz CT molecular complexity index is 1090. The van der Waals surface area contributed by atoms with E-state index in [0.29, 0.717) is 21.6 Å². The van der Waals surface area contributed by atoms with E-state index in [2.05, 4.69) is 10.9 Å². The van der Waals surface area contributed by atoms with E-state index in [0.717, 1.165) is 17.7 Å². The van der Waals surface area contributed by atoms with Gasteiger partial charge >= 0.3 is 6.18 Å². The van der Waals surface area contributed by atoms with Crippen LogP contribution in [0.5, 0.6) is 17.2 Å². The van der Waals surface area contributed by atoms with Crippen molar-refractivity contribution >= 4 is 34.2 Å². The molecule has 5 nitrogen and oxygen atoms in total. The zero-order valence-electron chi connectivity index (χ0n) is 18.0. The van der Waals surface area contributed by atoms with E-state index in [4.69, 9.17) is 21.7 Å². The Kier molecular flexibility index (Phi) is 8.78. The lowest BCUT2D eigenvalue weighted by molar-refractivity contribution is -0.137. The van der Waals surface area contributed by atoms with Gasteiger partial charge in [-0.15, -0.1) is 0 Å². The number of ether oxygens (including phenoxy) is 2. The maximum Gasteiger partial charge on any atom is 0.416 e. The molecule has 34 heavy (non-hydrogen) atoms. The number of carbonyl (C=O) groups is 1. The van der Waals surface area contributed by atoms with Crippen LogP contribution in [-0.2, 0) is 16.7 Å². The predicted octanol–water partition coefficient (Wildman–Crippen LogP) is 6.10. The van der Waals surface area contributed by atoms with Gasteiger partial charge in [-0.2, -0.15) is 13.2 Å². The maximum atomic E-state index is 12.6. The summed E-state index contributed by atoms with van der Waals surface area (Å²) in [6.07, 6.45) is -5.21. The van der Waals surface area contributed by atoms with Crippen molar-refractivity contribution in [3.8, 4) is 17.2 Å². The van der Waals surface area contributed by atoms with Gasteiger partial charge in [0.05, 0.1) is 5.56 Å². The maximum absolute atomic E-state index is 12.6. The van der Waals surface area contributed by atoms with Crippen molar-refractivity contribution in [1.82, 2.24) is 10.9 Å². The highest BCUT2D eigenvalue weighted by Gasteiger charge is 2.30. The summed E-state index contributed by atoms with van der Waals surface area (Å²) in [6.45, 7) is 1.59. The van der Waals surface area contributed by atoms with Crippen molar-refractivity contribution < 1.29 is 27.4 Å². The number of carbonyl (C=O) groups excluding carboxylic acids is 1. The van der Waals surface area contributed by atoms with E-state index in [-0.39, 0.29) is 5.75 Å². The summed E-state index contributed by atoms with van der Waals surface area (Å²) in [6, 6.07) is 20.6. The van der Waals surface area contributed by atoms with Crippen LogP contribution < -0.4 is 20.3 Å². The van der Waals surface area contributed by atoms with E-state index in [9.17, 15) is 18.0 Å². The molecule has 10 heteroatoms. The number of rotatable bonds is 7. The summed E-state index contributed by atoms with van der Waals surface area (Å²) >= 11 is 6.59. The average Bonchev–Trinajstić information content (AvgIpc) is 2.83. The van der Waals surface area contributed by atoms with E-state index in [1.165, 1.54) is 23.9 Å². The number of benzene rings is 3. The molecular weight excluding hydrogens is 485 g/mol. The SMILES string of the molecule is CC(Oc1ccc(Oc2ccc(C(F)(F)F)cc2)cc1)C(=O)NNC(=S)SCc1ccccc1. The number of halogens is 3. The molecule has 3 aromatic rings. The second-order valence-corrected chi connectivity index (χ2v) is 8.68. The van der Waals surface area contributed by atoms with Gasteiger partial charge in [0, 0.05) is 5.75 Å².